The third-order valence-electron chi connectivity index (χ3n) is 7.43. The van der Waals surface area contributed by atoms with Crippen LogP contribution < -0.4 is 5.32 Å². The number of pyridine rings is 2. The first-order valence-electron chi connectivity index (χ1n) is 13.6. The summed E-state index contributed by atoms with van der Waals surface area (Å²) in [5.74, 6) is -2.89. The fourth-order valence-electron chi connectivity index (χ4n) is 5.27. The summed E-state index contributed by atoms with van der Waals surface area (Å²) in [5.41, 5.74) is 6.65. The van der Waals surface area contributed by atoms with E-state index in [9.17, 15) is 13.6 Å². The molecule has 2 N–H and O–H groups in total. The van der Waals surface area contributed by atoms with Crippen LogP contribution in [0.4, 0.5) is 14.5 Å². The Bertz CT molecular complexity index is 1600. The molecule has 0 saturated carbocycles. The molecule has 40 heavy (non-hydrogen) atoms. The van der Waals surface area contributed by atoms with Gasteiger partial charge in [0.2, 0.25) is 0 Å². The number of carbonyl (C=O) groups excluding carboxylic acids is 1. The number of amides is 1. The first kappa shape index (κ1) is 26.0. The van der Waals surface area contributed by atoms with Gasteiger partial charge in [-0.1, -0.05) is 24.3 Å². The van der Waals surface area contributed by atoms with E-state index < -0.39 is 5.92 Å². The summed E-state index contributed by atoms with van der Waals surface area (Å²) in [6.45, 7) is 1.30. The lowest BCUT2D eigenvalue weighted by atomic mass is 10.0. The van der Waals surface area contributed by atoms with E-state index in [2.05, 4.69) is 43.7 Å². The first-order chi connectivity index (χ1) is 19.4. The van der Waals surface area contributed by atoms with Crippen LogP contribution >= 0.6 is 0 Å². The van der Waals surface area contributed by atoms with Gasteiger partial charge in [-0.05, 0) is 65.8 Å². The van der Waals surface area contributed by atoms with Gasteiger partial charge in [-0.15, -0.1) is 0 Å². The fourth-order valence-corrected chi connectivity index (χ4v) is 5.27. The molecule has 0 bridgehead atoms. The fraction of sp³-hybridized carbons (Fsp3) is 0.290. The average Bonchev–Trinajstić information content (AvgIpc) is 3.39. The van der Waals surface area contributed by atoms with Crippen molar-refractivity contribution in [2.24, 2.45) is 0 Å². The highest BCUT2D eigenvalue weighted by atomic mass is 19.3. The monoisotopic (exact) mass is 540 g/mol. The number of H-pyrrole nitrogens is 1. The molecule has 204 valence electrons. The van der Waals surface area contributed by atoms with Gasteiger partial charge in [0.25, 0.3) is 11.8 Å². The summed E-state index contributed by atoms with van der Waals surface area (Å²) < 4.78 is 27.1. The summed E-state index contributed by atoms with van der Waals surface area (Å²) >= 11 is 0. The molecular formula is C31H30F2N6O. The molecule has 7 nitrogen and oxygen atoms in total. The van der Waals surface area contributed by atoms with Crippen molar-refractivity contribution in [3.05, 3.63) is 95.7 Å². The zero-order valence-electron chi connectivity index (χ0n) is 22.0. The Balaban J connectivity index is 1.18. The molecule has 1 fully saturated rings. The average molecular weight is 541 g/mol. The minimum Gasteiger partial charge on any atom is -0.319 e. The van der Waals surface area contributed by atoms with Gasteiger partial charge in [0.15, 0.2) is 5.69 Å². The minimum absolute atomic E-state index is 0.113. The second-order valence-corrected chi connectivity index (χ2v) is 10.5. The highest BCUT2D eigenvalue weighted by Crippen LogP contribution is 2.30. The number of rotatable bonds is 7. The lowest BCUT2D eigenvalue weighted by Gasteiger charge is -2.31. The Morgan fingerprint density at radius 3 is 2.62 bits per heavy atom. The summed E-state index contributed by atoms with van der Waals surface area (Å²) in [7, 11) is 0. The molecule has 1 aliphatic heterocycles. The number of aromatic amines is 1. The molecule has 2 aliphatic rings. The molecule has 3 aromatic heterocycles. The summed E-state index contributed by atoms with van der Waals surface area (Å²) in [5, 5.41) is 10.9. The number of fused-ring (bicyclic) bond motifs is 1. The molecule has 1 aliphatic carbocycles. The largest absolute Gasteiger partial charge is 0.319 e. The lowest BCUT2D eigenvalue weighted by molar-refractivity contribution is -0.0566. The number of benzene rings is 1. The summed E-state index contributed by atoms with van der Waals surface area (Å²) in [4.78, 5) is 24.0. The Hall–Kier alpha value is -4.24. The number of piperidine rings is 1. The lowest BCUT2D eigenvalue weighted by Crippen LogP contribution is -2.38. The maximum atomic E-state index is 13.5. The van der Waals surface area contributed by atoms with E-state index in [4.69, 9.17) is 0 Å². The van der Waals surface area contributed by atoms with Gasteiger partial charge in [-0.2, -0.15) is 5.10 Å². The number of anilines is 1. The van der Waals surface area contributed by atoms with Crippen molar-refractivity contribution < 1.29 is 13.6 Å². The molecule has 4 heterocycles. The normalized spacial score (nSPS) is 17.1. The summed E-state index contributed by atoms with van der Waals surface area (Å²) in [6.07, 6.45) is 16.2. The standard InChI is InChI=1S/C31H30F2N6O/c32-31(33)8-10-39(11-9-31)20-23-13-25(18-34-17-23)24-6-7-28-27(15-24)29(38-37-28)30(40)36-26-14-22(16-35-19-26)12-21-4-2-1-3-5-21/h2,4-7,13-19H,1,3,8-12,20H2,(H,36,40)(H,37,38). The van der Waals surface area contributed by atoms with E-state index in [-0.39, 0.29) is 18.7 Å². The van der Waals surface area contributed by atoms with E-state index in [0.717, 1.165) is 47.0 Å². The molecule has 1 aromatic carbocycles. The van der Waals surface area contributed by atoms with E-state index in [0.29, 0.717) is 36.4 Å². The van der Waals surface area contributed by atoms with Gasteiger partial charge in [0.1, 0.15) is 0 Å². The number of nitrogens with zero attached hydrogens (tertiary/aromatic N) is 4. The van der Waals surface area contributed by atoms with Gasteiger partial charge in [0.05, 0.1) is 17.4 Å². The van der Waals surface area contributed by atoms with Crippen molar-refractivity contribution in [2.75, 3.05) is 18.4 Å². The van der Waals surface area contributed by atoms with Crippen LogP contribution in [-0.4, -0.2) is 50.0 Å². The van der Waals surface area contributed by atoms with E-state index >= 15 is 0 Å². The summed E-state index contributed by atoms with van der Waals surface area (Å²) in [6, 6.07) is 9.73. The molecule has 0 unspecified atom stereocenters. The van der Waals surface area contributed by atoms with Crippen molar-refractivity contribution in [1.82, 2.24) is 25.1 Å². The van der Waals surface area contributed by atoms with E-state index in [1.165, 1.54) is 5.57 Å². The maximum Gasteiger partial charge on any atom is 0.276 e. The SMILES string of the molecule is O=C(Nc1cncc(CC2=CCCC=C2)c1)c1n[nH]c2ccc(-c3cncc(CN4CCC(F)(F)CC4)c3)cc12. The number of hydrogen-bond acceptors (Lipinski definition) is 5. The highest BCUT2D eigenvalue weighted by Gasteiger charge is 2.33. The van der Waals surface area contributed by atoms with Crippen LogP contribution in [0.5, 0.6) is 0 Å². The van der Waals surface area contributed by atoms with Gasteiger partial charge in [0, 0.05) is 62.0 Å². The predicted molar refractivity (Wildman–Crippen MR) is 151 cm³/mol. The van der Waals surface area contributed by atoms with Crippen LogP contribution in [0.1, 0.15) is 47.3 Å². The Labute approximate surface area is 231 Å². The van der Waals surface area contributed by atoms with Crippen molar-refractivity contribution in [3.8, 4) is 11.1 Å². The number of alkyl halides is 2. The van der Waals surface area contributed by atoms with Gasteiger partial charge in [-0.3, -0.25) is 24.8 Å². The zero-order valence-corrected chi connectivity index (χ0v) is 22.0. The second-order valence-electron chi connectivity index (χ2n) is 10.5. The molecule has 1 saturated heterocycles. The Kier molecular flexibility index (Phi) is 7.21. The van der Waals surface area contributed by atoms with Crippen molar-refractivity contribution >= 4 is 22.5 Å². The van der Waals surface area contributed by atoms with E-state index in [1.807, 2.05) is 41.4 Å². The van der Waals surface area contributed by atoms with Gasteiger partial charge < -0.3 is 5.32 Å². The maximum absolute atomic E-state index is 13.5. The van der Waals surface area contributed by atoms with Crippen molar-refractivity contribution in [1.29, 1.82) is 0 Å². The Morgan fingerprint density at radius 1 is 0.975 bits per heavy atom. The third kappa shape index (κ3) is 5.99. The quantitative estimate of drug-likeness (QED) is 0.286. The highest BCUT2D eigenvalue weighted by molar-refractivity contribution is 6.11. The molecule has 4 aromatic rings. The number of nitrogens with one attached hydrogen (secondary N) is 2. The smallest absolute Gasteiger partial charge is 0.276 e. The zero-order chi connectivity index (χ0) is 27.5. The number of carbonyl (C=O) groups is 1. The van der Waals surface area contributed by atoms with Crippen LogP contribution in [0.15, 0.2) is 78.9 Å². The third-order valence-corrected chi connectivity index (χ3v) is 7.43. The molecule has 1 amide bonds. The number of halogens is 2. The van der Waals surface area contributed by atoms with Crippen LogP contribution in [-0.2, 0) is 13.0 Å². The predicted octanol–water partition coefficient (Wildman–Crippen LogP) is 6.32. The number of likely N-dealkylation sites (tertiary alicyclic amines) is 1. The first-order valence-corrected chi connectivity index (χ1v) is 13.6. The van der Waals surface area contributed by atoms with Crippen molar-refractivity contribution in [3.63, 3.8) is 0 Å². The molecule has 0 atom stereocenters. The molecular weight excluding hydrogens is 510 g/mol. The van der Waals surface area contributed by atoms with Crippen LogP contribution in [0.2, 0.25) is 0 Å². The van der Waals surface area contributed by atoms with E-state index in [1.54, 1.807) is 18.6 Å². The van der Waals surface area contributed by atoms with Crippen molar-refractivity contribution in [2.45, 2.75) is 44.6 Å². The van der Waals surface area contributed by atoms with Gasteiger partial charge >= 0.3 is 0 Å². The molecule has 0 radical (unpaired) electrons. The number of hydrogen-bond donors (Lipinski definition) is 2. The van der Waals surface area contributed by atoms with Crippen LogP contribution in [0.3, 0.4) is 0 Å². The minimum atomic E-state index is -2.57. The topological polar surface area (TPSA) is 86.8 Å². The molecule has 6 rings (SSSR count). The molecule has 9 heteroatoms. The Morgan fingerprint density at radius 2 is 1.80 bits per heavy atom. The van der Waals surface area contributed by atoms with Crippen LogP contribution in [0, 0.1) is 0 Å². The van der Waals surface area contributed by atoms with Gasteiger partial charge in [-0.25, -0.2) is 8.78 Å². The second kappa shape index (κ2) is 11.1. The molecule has 0 spiro atoms. The van der Waals surface area contributed by atoms with Crippen LogP contribution in [0.25, 0.3) is 22.0 Å². The number of allylic oxidation sites excluding steroid dienone is 4. The number of aromatic nitrogens is 4.